The van der Waals surface area contributed by atoms with E-state index in [1.165, 1.54) is 7.11 Å². The monoisotopic (exact) mass is 389 g/mol. The van der Waals surface area contributed by atoms with Crippen LogP contribution < -0.4 is 5.32 Å². The molecule has 2 heterocycles. The molecule has 8 heteroatoms. The number of sulfone groups is 1. The lowest BCUT2D eigenvalue weighted by Gasteiger charge is -2.22. The summed E-state index contributed by atoms with van der Waals surface area (Å²) in [6.45, 7) is 5.30. The summed E-state index contributed by atoms with van der Waals surface area (Å²) in [5.41, 5.74) is 0.330. The summed E-state index contributed by atoms with van der Waals surface area (Å²) in [6.07, 6.45) is 0.0674. The number of nitrogens with zero attached hydrogens (tertiary/aromatic N) is 2. The van der Waals surface area contributed by atoms with Crippen molar-refractivity contribution < 1.29 is 17.9 Å². The summed E-state index contributed by atoms with van der Waals surface area (Å²) in [7, 11) is -2.44. The summed E-state index contributed by atoms with van der Waals surface area (Å²) < 4.78 is 31.6. The zero-order valence-electron chi connectivity index (χ0n) is 15.8. The molecule has 2 aromatic rings. The van der Waals surface area contributed by atoms with Crippen LogP contribution in [0.2, 0.25) is 0 Å². The van der Waals surface area contributed by atoms with Gasteiger partial charge in [0.15, 0.2) is 9.84 Å². The molecular weight excluding hydrogens is 366 g/mol. The van der Waals surface area contributed by atoms with Crippen molar-refractivity contribution >= 4 is 15.8 Å². The number of carbonyl (C=O) groups excluding carboxylic acids is 1. The molecular formula is C19H23N3O4S. The van der Waals surface area contributed by atoms with Crippen molar-refractivity contribution in [1.82, 2.24) is 15.3 Å². The molecule has 0 unspecified atom stereocenters. The van der Waals surface area contributed by atoms with Crippen molar-refractivity contribution in [2.75, 3.05) is 7.11 Å². The molecule has 1 saturated heterocycles. The predicted octanol–water partition coefficient (Wildman–Crippen LogP) is 1.90. The number of esters is 1. The molecule has 1 aliphatic heterocycles. The maximum absolute atomic E-state index is 13.3. The van der Waals surface area contributed by atoms with Gasteiger partial charge in [0, 0.05) is 11.4 Å². The Bertz CT molecular complexity index is 942. The van der Waals surface area contributed by atoms with Crippen LogP contribution in [0.5, 0.6) is 0 Å². The highest BCUT2D eigenvalue weighted by atomic mass is 32.2. The highest BCUT2D eigenvalue weighted by Crippen LogP contribution is 2.39. The highest BCUT2D eigenvalue weighted by molar-refractivity contribution is 7.92. The van der Waals surface area contributed by atoms with Crippen LogP contribution in [0.3, 0.4) is 0 Å². The third kappa shape index (κ3) is 3.59. The Kier molecular flexibility index (Phi) is 5.05. The quantitative estimate of drug-likeness (QED) is 0.798. The van der Waals surface area contributed by atoms with E-state index in [4.69, 9.17) is 4.74 Å². The predicted molar refractivity (Wildman–Crippen MR) is 99.8 cm³/mol. The number of benzene rings is 1. The first-order chi connectivity index (χ1) is 12.7. The van der Waals surface area contributed by atoms with Crippen LogP contribution in [0, 0.1) is 13.8 Å². The number of carbonyl (C=O) groups is 1. The minimum absolute atomic E-state index is 0.0674. The van der Waals surface area contributed by atoms with Gasteiger partial charge in [-0.15, -0.1) is 0 Å². The number of hydrogen-bond donors (Lipinski definition) is 1. The summed E-state index contributed by atoms with van der Waals surface area (Å²) >= 11 is 0. The van der Waals surface area contributed by atoms with Crippen LogP contribution >= 0.6 is 0 Å². The van der Waals surface area contributed by atoms with E-state index in [1.807, 2.05) is 19.9 Å². The Morgan fingerprint density at radius 1 is 1.19 bits per heavy atom. The van der Waals surface area contributed by atoms with Crippen LogP contribution in [0.1, 0.15) is 36.6 Å². The standard InChI is InChI=1S/C19H23N3O4S/c1-12-10-13(2)21-17(20-12)16-15(11-19(3,22-16)18(23)26-4)27(24,25)14-8-6-5-7-9-14/h5-10,15-16,22H,11H2,1-4H3/t15-,16-,19+/m1/s1. The second-order valence-corrected chi connectivity index (χ2v) is 9.22. The number of methoxy groups -OCH3 is 1. The maximum Gasteiger partial charge on any atom is 0.325 e. The van der Waals surface area contributed by atoms with E-state index >= 15 is 0 Å². The van der Waals surface area contributed by atoms with E-state index in [2.05, 4.69) is 15.3 Å². The third-order valence-corrected chi connectivity index (χ3v) is 7.00. The first-order valence-corrected chi connectivity index (χ1v) is 10.2. The first kappa shape index (κ1) is 19.4. The summed E-state index contributed by atoms with van der Waals surface area (Å²) in [5, 5.41) is 2.24. The molecule has 1 aliphatic rings. The molecule has 1 aromatic carbocycles. The number of aromatic nitrogens is 2. The molecule has 27 heavy (non-hydrogen) atoms. The van der Waals surface area contributed by atoms with Crippen molar-refractivity contribution in [3.8, 4) is 0 Å². The SMILES string of the molecule is COC(=O)[C@]1(C)C[C@@H](S(=O)(=O)c2ccccc2)[C@H](c2nc(C)cc(C)n2)N1. The number of nitrogens with one attached hydrogen (secondary N) is 1. The highest BCUT2D eigenvalue weighted by Gasteiger charge is 2.53. The average molecular weight is 389 g/mol. The fraction of sp³-hybridized carbons (Fsp3) is 0.421. The largest absolute Gasteiger partial charge is 0.468 e. The second kappa shape index (κ2) is 7.01. The van der Waals surface area contributed by atoms with Crippen LogP contribution in [-0.4, -0.2) is 42.3 Å². The molecule has 1 N–H and O–H groups in total. The van der Waals surface area contributed by atoms with Crippen molar-refractivity contribution in [2.24, 2.45) is 0 Å². The molecule has 3 atom stereocenters. The molecule has 3 rings (SSSR count). The van der Waals surface area contributed by atoms with Gasteiger partial charge in [-0.3, -0.25) is 10.1 Å². The Morgan fingerprint density at radius 2 is 1.78 bits per heavy atom. The van der Waals surface area contributed by atoms with Gasteiger partial charge in [0.2, 0.25) is 0 Å². The molecule has 0 radical (unpaired) electrons. The zero-order valence-corrected chi connectivity index (χ0v) is 16.6. The van der Waals surface area contributed by atoms with Gasteiger partial charge in [0.25, 0.3) is 0 Å². The second-order valence-electron chi connectivity index (χ2n) is 7.06. The minimum Gasteiger partial charge on any atom is -0.468 e. The number of ether oxygens (including phenoxy) is 1. The van der Waals surface area contributed by atoms with Gasteiger partial charge in [-0.05, 0) is 45.4 Å². The molecule has 0 aliphatic carbocycles. The lowest BCUT2D eigenvalue weighted by Crippen LogP contribution is -2.46. The first-order valence-electron chi connectivity index (χ1n) is 8.64. The number of hydrogen-bond acceptors (Lipinski definition) is 7. The van der Waals surface area contributed by atoms with E-state index in [9.17, 15) is 13.2 Å². The van der Waals surface area contributed by atoms with E-state index in [0.717, 1.165) is 11.4 Å². The Balaban J connectivity index is 2.11. The maximum atomic E-state index is 13.3. The van der Waals surface area contributed by atoms with Crippen molar-refractivity contribution in [3.05, 3.63) is 53.6 Å². The number of aryl methyl sites for hydroxylation is 2. The molecule has 1 fully saturated rings. The zero-order chi connectivity index (χ0) is 19.8. The van der Waals surface area contributed by atoms with Gasteiger partial charge >= 0.3 is 5.97 Å². The van der Waals surface area contributed by atoms with Crippen molar-refractivity contribution in [2.45, 2.75) is 48.9 Å². The Labute approximate surface area is 159 Å². The topological polar surface area (TPSA) is 98.3 Å². The number of rotatable bonds is 4. The van der Waals surface area contributed by atoms with Crippen molar-refractivity contribution in [1.29, 1.82) is 0 Å². The van der Waals surface area contributed by atoms with Crippen molar-refractivity contribution in [3.63, 3.8) is 0 Å². The molecule has 0 spiro atoms. The van der Waals surface area contributed by atoms with Gasteiger partial charge in [-0.2, -0.15) is 0 Å². The molecule has 1 aromatic heterocycles. The van der Waals surface area contributed by atoms with Gasteiger partial charge in [0.1, 0.15) is 11.4 Å². The summed E-state index contributed by atoms with van der Waals surface area (Å²) in [5.74, 6) is -0.146. The van der Waals surface area contributed by atoms with Gasteiger partial charge < -0.3 is 4.74 Å². The van der Waals surface area contributed by atoms with Crippen LogP contribution in [0.4, 0.5) is 0 Å². The Hall–Kier alpha value is -2.32. The molecule has 7 nitrogen and oxygen atoms in total. The normalized spacial score (nSPS) is 25.3. The summed E-state index contributed by atoms with van der Waals surface area (Å²) in [4.78, 5) is 21.4. The van der Waals surface area contributed by atoms with Gasteiger partial charge in [-0.1, -0.05) is 18.2 Å². The van der Waals surface area contributed by atoms with Crippen LogP contribution in [-0.2, 0) is 19.4 Å². The van der Waals surface area contributed by atoms with Crippen LogP contribution in [0.25, 0.3) is 0 Å². The average Bonchev–Trinajstić information content (AvgIpc) is 3.01. The van der Waals surface area contributed by atoms with Gasteiger partial charge in [-0.25, -0.2) is 18.4 Å². The third-order valence-electron chi connectivity index (χ3n) is 4.84. The fourth-order valence-electron chi connectivity index (χ4n) is 3.58. The van der Waals surface area contributed by atoms with Crippen LogP contribution in [0.15, 0.2) is 41.3 Å². The Morgan fingerprint density at radius 3 is 2.33 bits per heavy atom. The lowest BCUT2D eigenvalue weighted by molar-refractivity contribution is -0.147. The van der Waals surface area contributed by atoms with E-state index in [-0.39, 0.29) is 11.3 Å². The fourth-order valence-corrected chi connectivity index (χ4v) is 5.57. The minimum atomic E-state index is -3.72. The van der Waals surface area contributed by atoms with E-state index in [1.54, 1.807) is 37.3 Å². The smallest absolute Gasteiger partial charge is 0.325 e. The molecule has 0 bridgehead atoms. The molecule has 0 amide bonds. The van der Waals surface area contributed by atoms with E-state index in [0.29, 0.717) is 5.82 Å². The molecule has 144 valence electrons. The molecule has 0 saturated carbocycles. The van der Waals surface area contributed by atoms with E-state index < -0.39 is 32.6 Å². The summed E-state index contributed by atoms with van der Waals surface area (Å²) in [6, 6.07) is 9.32. The lowest BCUT2D eigenvalue weighted by atomic mass is 10.0. The van der Waals surface area contributed by atoms with Gasteiger partial charge in [0.05, 0.1) is 23.3 Å².